The summed E-state index contributed by atoms with van der Waals surface area (Å²) in [6.07, 6.45) is 6.36. The number of halogens is 1. The molecule has 0 radical (unpaired) electrons. The molecule has 0 saturated heterocycles. The van der Waals surface area contributed by atoms with Crippen molar-refractivity contribution in [3.05, 3.63) is 88.4 Å². The number of hydrogen-bond donors (Lipinski definition) is 1. The number of nitrogens with one attached hydrogen (secondary N) is 1. The van der Waals surface area contributed by atoms with Crippen LogP contribution in [0.4, 0.5) is 5.69 Å². The summed E-state index contributed by atoms with van der Waals surface area (Å²) in [6, 6.07) is 17.9. The first-order valence-electron chi connectivity index (χ1n) is 12.2. The molecule has 1 saturated carbocycles. The molecule has 0 unspecified atom stereocenters. The van der Waals surface area contributed by atoms with E-state index in [0.717, 1.165) is 31.2 Å². The highest BCUT2D eigenvalue weighted by Gasteiger charge is 2.36. The molecule has 1 aliphatic carbocycles. The van der Waals surface area contributed by atoms with Crippen LogP contribution < -0.4 is 10.2 Å². The lowest BCUT2D eigenvalue weighted by atomic mass is 10.1. The fraction of sp³-hybridized carbons (Fsp3) is 0.286. The lowest BCUT2D eigenvalue weighted by Gasteiger charge is -2.24. The summed E-state index contributed by atoms with van der Waals surface area (Å²) in [7, 11) is -4.00. The summed E-state index contributed by atoms with van der Waals surface area (Å²) in [5.41, 5.74) is 1.35. The molecule has 1 heterocycles. The minimum atomic E-state index is -4.00. The molecule has 2 aliphatic rings. The first-order valence-corrected chi connectivity index (χ1v) is 14.1. The van der Waals surface area contributed by atoms with Gasteiger partial charge >= 0.3 is 0 Å². The van der Waals surface area contributed by atoms with E-state index in [1.165, 1.54) is 48.1 Å². The molecule has 1 aliphatic heterocycles. The largest absolute Gasteiger partial charge is 0.349 e. The average molecular weight is 523 g/mol. The van der Waals surface area contributed by atoms with Crippen molar-refractivity contribution < 1.29 is 18.0 Å². The van der Waals surface area contributed by atoms with Crippen molar-refractivity contribution in [2.24, 2.45) is 0 Å². The van der Waals surface area contributed by atoms with Gasteiger partial charge in [-0.15, -0.1) is 0 Å². The first-order chi connectivity index (χ1) is 17.3. The van der Waals surface area contributed by atoms with Crippen LogP contribution in [0.5, 0.6) is 0 Å². The van der Waals surface area contributed by atoms with Gasteiger partial charge in [-0.2, -0.15) is 0 Å². The predicted octanol–water partition coefficient (Wildman–Crippen LogP) is 5.79. The van der Waals surface area contributed by atoms with Crippen LogP contribution in [0.3, 0.4) is 0 Å². The SMILES string of the molecule is O=C(NC1CCCCCC1)c1ccc2c(c1)N(Cc1cccc(Cl)c1)C(=O)c1ccccc1S2(=O)=O. The fourth-order valence-electron chi connectivity index (χ4n) is 5.02. The monoisotopic (exact) mass is 522 g/mol. The Morgan fingerprint density at radius 2 is 1.67 bits per heavy atom. The van der Waals surface area contributed by atoms with Gasteiger partial charge in [0.25, 0.3) is 11.8 Å². The van der Waals surface area contributed by atoms with Crippen molar-refractivity contribution >= 4 is 38.9 Å². The average Bonchev–Trinajstić information content (AvgIpc) is 3.17. The number of benzene rings is 3. The van der Waals surface area contributed by atoms with Crippen LogP contribution in [0, 0.1) is 0 Å². The number of amides is 2. The van der Waals surface area contributed by atoms with E-state index in [1.54, 1.807) is 30.3 Å². The smallest absolute Gasteiger partial charge is 0.259 e. The van der Waals surface area contributed by atoms with Crippen molar-refractivity contribution in [3.8, 4) is 0 Å². The highest BCUT2D eigenvalue weighted by Crippen LogP contribution is 2.38. The predicted molar refractivity (Wildman–Crippen MR) is 139 cm³/mol. The maximum atomic E-state index is 13.7. The van der Waals surface area contributed by atoms with Gasteiger partial charge in [0.2, 0.25) is 9.84 Å². The minimum absolute atomic E-state index is 0.00570. The topological polar surface area (TPSA) is 83.6 Å². The Balaban J connectivity index is 1.59. The normalized spacial score (nSPS) is 17.5. The van der Waals surface area contributed by atoms with Gasteiger partial charge in [0.05, 0.1) is 27.6 Å². The molecule has 186 valence electrons. The van der Waals surface area contributed by atoms with E-state index < -0.39 is 15.7 Å². The molecular formula is C28H27ClN2O4S. The highest BCUT2D eigenvalue weighted by atomic mass is 35.5. The van der Waals surface area contributed by atoms with E-state index >= 15 is 0 Å². The van der Waals surface area contributed by atoms with Crippen LogP contribution in [-0.4, -0.2) is 26.3 Å². The second-order valence-electron chi connectivity index (χ2n) is 9.37. The molecule has 5 rings (SSSR count). The Hall–Kier alpha value is -3.16. The van der Waals surface area contributed by atoms with Crippen LogP contribution >= 0.6 is 11.6 Å². The summed E-state index contributed by atoms with van der Waals surface area (Å²) >= 11 is 6.18. The molecule has 8 heteroatoms. The van der Waals surface area contributed by atoms with Gasteiger partial charge in [-0.3, -0.25) is 9.59 Å². The molecule has 0 spiro atoms. The van der Waals surface area contributed by atoms with E-state index in [-0.39, 0.29) is 39.5 Å². The summed E-state index contributed by atoms with van der Waals surface area (Å²) < 4.78 is 27.3. The third-order valence-corrected chi connectivity index (χ3v) is 8.97. The van der Waals surface area contributed by atoms with Crippen molar-refractivity contribution in [1.29, 1.82) is 0 Å². The van der Waals surface area contributed by atoms with E-state index in [4.69, 9.17) is 11.6 Å². The Labute approximate surface area is 216 Å². The molecule has 0 bridgehead atoms. The van der Waals surface area contributed by atoms with Crippen LogP contribution in [0.25, 0.3) is 0 Å². The maximum absolute atomic E-state index is 13.7. The Kier molecular flexibility index (Phi) is 6.86. The van der Waals surface area contributed by atoms with Crippen LogP contribution in [-0.2, 0) is 16.4 Å². The van der Waals surface area contributed by atoms with Gasteiger partial charge in [-0.1, -0.05) is 61.5 Å². The maximum Gasteiger partial charge on any atom is 0.259 e. The van der Waals surface area contributed by atoms with E-state index in [2.05, 4.69) is 5.32 Å². The summed E-state index contributed by atoms with van der Waals surface area (Å²) in [5, 5.41) is 3.62. The zero-order valence-corrected chi connectivity index (χ0v) is 21.3. The molecule has 6 nitrogen and oxygen atoms in total. The summed E-state index contributed by atoms with van der Waals surface area (Å²) in [5.74, 6) is -0.715. The number of rotatable bonds is 4. The summed E-state index contributed by atoms with van der Waals surface area (Å²) in [6.45, 7) is 0.101. The van der Waals surface area contributed by atoms with E-state index in [9.17, 15) is 18.0 Å². The number of carbonyl (C=O) groups excluding carboxylic acids is 2. The first kappa shape index (κ1) is 24.5. The number of anilines is 1. The Morgan fingerprint density at radius 3 is 2.42 bits per heavy atom. The molecule has 1 fully saturated rings. The molecule has 0 aromatic heterocycles. The van der Waals surface area contributed by atoms with Crippen molar-refractivity contribution in [2.75, 3.05) is 4.90 Å². The van der Waals surface area contributed by atoms with E-state index in [1.807, 2.05) is 6.07 Å². The zero-order chi connectivity index (χ0) is 25.3. The van der Waals surface area contributed by atoms with Gasteiger partial charge in [0.15, 0.2) is 0 Å². The number of carbonyl (C=O) groups is 2. The van der Waals surface area contributed by atoms with Gasteiger partial charge in [0, 0.05) is 16.6 Å². The van der Waals surface area contributed by atoms with Crippen molar-refractivity contribution in [3.63, 3.8) is 0 Å². The van der Waals surface area contributed by atoms with Crippen LogP contribution in [0.2, 0.25) is 5.02 Å². The molecule has 2 amide bonds. The van der Waals surface area contributed by atoms with Crippen LogP contribution in [0.1, 0.15) is 64.8 Å². The van der Waals surface area contributed by atoms with Crippen molar-refractivity contribution in [1.82, 2.24) is 5.32 Å². The fourth-order valence-corrected chi connectivity index (χ4v) is 6.86. The number of sulfone groups is 1. The minimum Gasteiger partial charge on any atom is -0.349 e. The Bertz CT molecular complexity index is 1430. The van der Waals surface area contributed by atoms with Crippen LogP contribution in [0.15, 0.2) is 76.5 Å². The molecule has 36 heavy (non-hydrogen) atoms. The van der Waals surface area contributed by atoms with Gasteiger partial charge in [0.1, 0.15) is 0 Å². The van der Waals surface area contributed by atoms with Gasteiger partial charge < -0.3 is 10.2 Å². The zero-order valence-electron chi connectivity index (χ0n) is 19.7. The standard InChI is InChI=1S/C28H27ClN2O4S/c29-21-9-7-8-19(16-21)18-31-24-17-20(27(32)30-22-10-3-1-2-4-11-22)14-15-26(24)36(34,35)25-13-6-5-12-23(25)28(31)33/h5-9,12-17,22H,1-4,10-11,18H2,(H,30,32). The molecule has 3 aromatic carbocycles. The number of nitrogens with zero attached hydrogens (tertiary/aromatic N) is 1. The lowest BCUT2D eigenvalue weighted by molar-refractivity contribution is 0.0931. The molecule has 1 N–H and O–H groups in total. The Morgan fingerprint density at radius 1 is 0.917 bits per heavy atom. The third kappa shape index (κ3) is 4.77. The second-order valence-corrected chi connectivity index (χ2v) is 11.7. The third-order valence-electron chi connectivity index (χ3n) is 6.87. The number of fused-ring (bicyclic) bond motifs is 2. The second kappa shape index (κ2) is 10.1. The lowest BCUT2D eigenvalue weighted by Crippen LogP contribution is -2.35. The highest BCUT2D eigenvalue weighted by molar-refractivity contribution is 7.91. The van der Waals surface area contributed by atoms with E-state index in [0.29, 0.717) is 10.6 Å². The van der Waals surface area contributed by atoms with Crippen molar-refractivity contribution in [2.45, 2.75) is 60.9 Å². The number of hydrogen-bond acceptors (Lipinski definition) is 4. The molecular weight excluding hydrogens is 496 g/mol. The molecule has 0 atom stereocenters. The quantitative estimate of drug-likeness (QED) is 0.440. The molecule has 3 aromatic rings. The summed E-state index contributed by atoms with van der Waals surface area (Å²) in [4.78, 5) is 28.3. The van der Waals surface area contributed by atoms with Gasteiger partial charge in [-0.05, 0) is 60.9 Å². The van der Waals surface area contributed by atoms with Gasteiger partial charge in [-0.25, -0.2) is 8.42 Å².